The smallest absolute Gasteiger partial charge is 0.254 e. The molecule has 1 aromatic carbocycles. The van der Waals surface area contributed by atoms with Crippen molar-refractivity contribution in [2.24, 2.45) is 10.2 Å². The zero-order chi connectivity index (χ0) is 18.6. The van der Waals surface area contributed by atoms with Crippen LogP contribution in [0.1, 0.15) is 23.4 Å². The molecule has 2 rings (SSSR count). The molecule has 8 nitrogen and oxygen atoms in total. The van der Waals surface area contributed by atoms with Crippen LogP contribution in [0, 0.1) is 25.2 Å². The maximum atomic E-state index is 11.3. The molecule has 0 spiro atoms. The Labute approximate surface area is 145 Å². The van der Waals surface area contributed by atoms with Crippen molar-refractivity contribution >= 4 is 22.1 Å². The van der Waals surface area contributed by atoms with Gasteiger partial charge in [0.25, 0.3) is 5.91 Å². The number of carbonyl (C=O) groups excluding carboxylic acids is 1. The van der Waals surface area contributed by atoms with Crippen molar-refractivity contribution in [3.8, 4) is 11.8 Å². The standard InChI is InChI=1S/C16H17N5O3S/c1-11-9-13(10-19-20-16(22)7-8-17)12(2)21(11)14-3-5-15(6-4-14)25(18,23)24/h3-6,9-10H,7H2,1-2H3,(H,20,22)(H2,18,23,24)/b19-10-. The Balaban J connectivity index is 2.29. The van der Waals surface area contributed by atoms with E-state index in [1.807, 2.05) is 24.5 Å². The summed E-state index contributed by atoms with van der Waals surface area (Å²) < 4.78 is 24.6. The lowest BCUT2D eigenvalue weighted by Gasteiger charge is -2.10. The average Bonchev–Trinajstić information content (AvgIpc) is 2.81. The van der Waals surface area contributed by atoms with E-state index in [2.05, 4.69) is 10.5 Å². The molecule has 130 valence electrons. The highest BCUT2D eigenvalue weighted by Gasteiger charge is 2.12. The number of nitrogens with zero attached hydrogens (tertiary/aromatic N) is 3. The summed E-state index contributed by atoms with van der Waals surface area (Å²) in [5.74, 6) is -0.480. The van der Waals surface area contributed by atoms with Crippen LogP contribution < -0.4 is 10.6 Å². The Bertz CT molecular complexity index is 966. The third kappa shape index (κ3) is 4.32. The molecular formula is C16H17N5O3S. The van der Waals surface area contributed by atoms with E-state index in [1.54, 1.807) is 18.2 Å². The van der Waals surface area contributed by atoms with Crippen LogP contribution in [0.2, 0.25) is 0 Å². The normalized spacial score (nSPS) is 11.4. The molecule has 0 fully saturated rings. The minimum absolute atomic E-state index is 0.0423. The van der Waals surface area contributed by atoms with Crippen LogP contribution in [0.25, 0.3) is 5.69 Å². The van der Waals surface area contributed by atoms with Gasteiger partial charge in [0.05, 0.1) is 17.2 Å². The Kier molecular flexibility index (Phi) is 5.36. The van der Waals surface area contributed by atoms with E-state index in [-0.39, 0.29) is 11.3 Å². The molecule has 0 unspecified atom stereocenters. The molecular weight excluding hydrogens is 342 g/mol. The molecule has 9 heteroatoms. The van der Waals surface area contributed by atoms with Crippen molar-refractivity contribution in [2.45, 2.75) is 25.2 Å². The van der Waals surface area contributed by atoms with Gasteiger partial charge in [-0.3, -0.25) is 4.79 Å². The minimum Gasteiger partial charge on any atom is -0.318 e. The van der Waals surface area contributed by atoms with Gasteiger partial charge < -0.3 is 4.57 Å². The van der Waals surface area contributed by atoms with E-state index in [1.165, 1.54) is 18.3 Å². The maximum Gasteiger partial charge on any atom is 0.254 e. The topological polar surface area (TPSA) is 130 Å². The number of hydrogen-bond donors (Lipinski definition) is 2. The van der Waals surface area contributed by atoms with Gasteiger partial charge in [-0.15, -0.1) is 0 Å². The van der Waals surface area contributed by atoms with Crippen molar-refractivity contribution < 1.29 is 13.2 Å². The zero-order valence-corrected chi connectivity index (χ0v) is 14.5. The summed E-state index contributed by atoms with van der Waals surface area (Å²) in [5, 5.41) is 17.4. The fourth-order valence-corrected chi connectivity index (χ4v) is 2.90. The molecule has 0 aliphatic carbocycles. The largest absolute Gasteiger partial charge is 0.318 e. The molecule has 0 atom stereocenters. The molecule has 2 aromatic rings. The average molecular weight is 359 g/mol. The first kappa shape index (κ1) is 18.4. The van der Waals surface area contributed by atoms with Crippen molar-refractivity contribution in [1.29, 1.82) is 5.26 Å². The van der Waals surface area contributed by atoms with Gasteiger partial charge in [-0.25, -0.2) is 19.0 Å². The summed E-state index contributed by atoms with van der Waals surface area (Å²) in [5.41, 5.74) is 5.59. The number of nitrogens with one attached hydrogen (secondary N) is 1. The van der Waals surface area contributed by atoms with E-state index in [0.29, 0.717) is 0 Å². The number of rotatable bonds is 5. The van der Waals surface area contributed by atoms with Crippen molar-refractivity contribution in [3.05, 3.63) is 47.3 Å². The second-order valence-electron chi connectivity index (χ2n) is 5.33. The quantitative estimate of drug-likeness (QED) is 0.611. The molecule has 0 radical (unpaired) electrons. The summed E-state index contributed by atoms with van der Waals surface area (Å²) >= 11 is 0. The minimum atomic E-state index is -3.74. The number of hydrogen-bond acceptors (Lipinski definition) is 5. The summed E-state index contributed by atoms with van der Waals surface area (Å²) in [4.78, 5) is 11.3. The van der Waals surface area contributed by atoms with Crippen LogP contribution in [-0.4, -0.2) is 25.1 Å². The number of carbonyl (C=O) groups is 1. The molecule has 0 aliphatic rings. The predicted molar refractivity (Wildman–Crippen MR) is 92.6 cm³/mol. The summed E-state index contributed by atoms with van der Waals surface area (Å²) in [6, 6.07) is 9.83. The molecule has 0 aliphatic heterocycles. The molecule has 0 bridgehead atoms. The highest BCUT2D eigenvalue weighted by atomic mass is 32.2. The van der Waals surface area contributed by atoms with Gasteiger partial charge in [0, 0.05) is 22.6 Å². The lowest BCUT2D eigenvalue weighted by Crippen LogP contribution is -2.16. The maximum absolute atomic E-state index is 11.3. The van der Waals surface area contributed by atoms with Gasteiger partial charge in [0.1, 0.15) is 6.42 Å². The SMILES string of the molecule is Cc1cc(/C=N\NC(=O)CC#N)c(C)n1-c1ccc(S(N)(=O)=O)cc1. The second kappa shape index (κ2) is 7.29. The van der Waals surface area contributed by atoms with Gasteiger partial charge in [-0.2, -0.15) is 10.4 Å². The second-order valence-corrected chi connectivity index (χ2v) is 6.89. The van der Waals surface area contributed by atoms with Gasteiger partial charge in [0.15, 0.2) is 0 Å². The van der Waals surface area contributed by atoms with Crippen molar-refractivity contribution in [1.82, 2.24) is 9.99 Å². The van der Waals surface area contributed by atoms with Crippen LogP contribution in [0.5, 0.6) is 0 Å². The van der Waals surface area contributed by atoms with Gasteiger partial charge in [-0.05, 0) is 44.2 Å². The predicted octanol–water partition coefficient (Wildman–Crippen LogP) is 1.11. The third-order valence-electron chi connectivity index (χ3n) is 3.53. The lowest BCUT2D eigenvalue weighted by atomic mass is 10.2. The molecule has 1 heterocycles. The van der Waals surface area contributed by atoms with Crippen LogP contribution in [0.15, 0.2) is 40.3 Å². The first-order valence-electron chi connectivity index (χ1n) is 7.25. The fourth-order valence-electron chi connectivity index (χ4n) is 2.39. The summed E-state index contributed by atoms with van der Waals surface area (Å²) in [6.45, 7) is 3.77. The van der Waals surface area contributed by atoms with E-state index in [0.717, 1.165) is 22.6 Å². The Morgan fingerprint density at radius 3 is 2.56 bits per heavy atom. The number of sulfonamides is 1. The van der Waals surface area contributed by atoms with E-state index in [4.69, 9.17) is 10.4 Å². The first-order valence-corrected chi connectivity index (χ1v) is 8.79. The number of amides is 1. The lowest BCUT2D eigenvalue weighted by molar-refractivity contribution is -0.120. The number of aromatic nitrogens is 1. The molecule has 0 saturated carbocycles. The van der Waals surface area contributed by atoms with E-state index < -0.39 is 15.9 Å². The van der Waals surface area contributed by atoms with Crippen LogP contribution in [-0.2, 0) is 14.8 Å². The van der Waals surface area contributed by atoms with Gasteiger partial charge >= 0.3 is 0 Å². The zero-order valence-electron chi connectivity index (χ0n) is 13.7. The van der Waals surface area contributed by atoms with Gasteiger partial charge in [0.2, 0.25) is 10.0 Å². The first-order chi connectivity index (χ1) is 11.7. The number of hydrazone groups is 1. The van der Waals surface area contributed by atoms with Gasteiger partial charge in [-0.1, -0.05) is 0 Å². The summed E-state index contributed by atoms with van der Waals surface area (Å²) in [7, 11) is -3.74. The number of aryl methyl sites for hydroxylation is 1. The molecule has 1 amide bonds. The number of nitriles is 1. The third-order valence-corrected chi connectivity index (χ3v) is 4.46. The van der Waals surface area contributed by atoms with Crippen molar-refractivity contribution in [2.75, 3.05) is 0 Å². The molecule has 3 N–H and O–H groups in total. The highest BCUT2D eigenvalue weighted by molar-refractivity contribution is 7.89. The Morgan fingerprint density at radius 1 is 1.36 bits per heavy atom. The van der Waals surface area contributed by atoms with Crippen LogP contribution in [0.3, 0.4) is 0 Å². The van der Waals surface area contributed by atoms with Crippen LogP contribution >= 0.6 is 0 Å². The van der Waals surface area contributed by atoms with E-state index in [9.17, 15) is 13.2 Å². The Hall–Kier alpha value is -2.96. The van der Waals surface area contributed by atoms with Crippen LogP contribution in [0.4, 0.5) is 0 Å². The van der Waals surface area contributed by atoms with Crippen molar-refractivity contribution in [3.63, 3.8) is 0 Å². The number of benzene rings is 1. The van der Waals surface area contributed by atoms with E-state index >= 15 is 0 Å². The molecule has 0 saturated heterocycles. The monoisotopic (exact) mass is 359 g/mol. The molecule has 25 heavy (non-hydrogen) atoms. The summed E-state index contributed by atoms with van der Waals surface area (Å²) in [6.07, 6.45) is 1.24. The number of primary sulfonamides is 1. The Morgan fingerprint density at radius 2 is 2.00 bits per heavy atom. The highest BCUT2D eigenvalue weighted by Crippen LogP contribution is 2.21. The fraction of sp³-hybridized carbons (Fsp3) is 0.188. The molecule has 1 aromatic heterocycles. The number of nitrogens with two attached hydrogens (primary N) is 1.